The Hall–Kier alpha value is -2.65. The van der Waals surface area contributed by atoms with Gasteiger partial charge in [0.2, 0.25) is 0 Å². The smallest absolute Gasteiger partial charge is 0.254 e. The second-order valence-electron chi connectivity index (χ2n) is 6.84. The maximum absolute atomic E-state index is 12.9. The summed E-state index contributed by atoms with van der Waals surface area (Å²) >= 11 is 6.29. The van der Waals surface area contributed by atoms with Crippen molar-refractivity contribution in [2.75, 3.05) is 6.54 Å². The number of rotatable bonds is 4. The Kier molecular flexibility index (Phi) is 5.21. The van der Waals surface area contributed by atoms with Crippen LogP contribution in [0.4, 0.5) is 0 Å². The highest BCUT2D eigenvalue weighted by Gasteiger charge is 2.31. The molecule has 2 aromatic carbocycles. The maximum Gasteiger partial charge on any atom is 0.254 e. The molecule has 27 heavy (non-hydrogen) atoms. The molecule has 0 N–H and O–H groups in total. The number of halogens is 1. The zero-order valence-corrected chi connectivity index (χ0v) is 15.8. The first-order chi connectivity index (χ1) is 13.2. The molecule has 0 saturated carbocycles. The average molecular weight is 377 g/mol. The number of amides is 1. The average Bonchev–Trinajstić information content (AvgIpc) is 3.20. The monoisotopic (exact) mass is 376 g/mol. The van der Waals surface area contributed by atoms with Gasteiger partial charge in [-0.3, -0.25) is 9.78 Å². The van der Waals surface area contributed by atoms with Crippen molar-refractivity contribution in [3.8, 4) is 0 Å². The van der Waals surface area contributed by atoms with Crippen molar-refractivity contribution in [3.63, 3.8) is 0 Å². The second-order valence-corrected chi connectivity index (χ2v) is 7.25. The zero-order chi connectivity index (χ0) is 18.6. The second kappa shape index (κ2) is 7.93. The van der Waals surface area contributed by atoms with E-state index in [0.717, 1.165) is 46.9 Å². The molecule has 1 fully saturated rings. The number of aromatic nitrogens is 1. The molecular weight excluding hydrogens is 356 g/mol. The van der Waals surface area contributed by atoms with Gasteiger partial charge in [-0.2, -0.15) is 0 Å². The summed E-state index contributed by atoms with van der Waals surface area (Å²) in [6.45, 7) is 0.773. The van der Waals surface area contributed by atoms with Crippen LogP contribution in [0.25, 0.3) is 0 Å². The topological polar surface area (TPSA) is 33.2 Å². The quantitative estimate of drug-likeness (QED) is 0.618. The molecule has 1 aromatic heterocycles. The molecule has 1 aliphatic rings. The van der Waals surface area contributed by atoms with Gasteiger partial charge in [-0.05, 0) is 48.7 Å². The van der Waals surface area contributed by atoms with Crippen molar-refractivity contribution in [1.82, 2.24) is 9.88 Å². The predicted octanol–water partition coefficient (Wildman–Crippen LogP) is 5.30. The van der Waals surface area contributed by atoms with Gasteiger partial charge in [0.25, 0.3) is 5.91 Å². The van der Waals surface area contributed by atoms with Crippen LogP contribution < -0.4 is 0 Å². The van der Waals surface area contributed by atoms with Crippen molar-refractivity contribution < 1.29 is 4.79 Å². The Morgan fingerprint density at radius 3 is 2.59 bits per heavy atom. The van der Waals surface area contributed by atoms with E-state index in [0.29, 0.717) is 6.42 Å². The molecule has 1 saturated heterocycles. The number of nitrogens with zero attached hydrogens (tertiary/aromatic N) is 2. The molecule has 0 bridgehead atoms. The number of pyridine rings is 1. The predicted molar refractivity (Wildman–Crippen MR) is 108 cm³/mol. The molecule has 0 spiro atoms. The van der Waals surface area contributed by atoms with Crippen LogP contribution in [0.15, 0.2) is 72.8 Å². The molecule has 1 amide bonds. The molecule has 2 heterocycles. The third-order valence-corrected chi connectivity index (χ3v) is 5.40. The highest BCUT2D eigenvalue weighted by Crippen LogP contribution is 2.32. The van der Waals surface area contributed by atoms with Crippen LogP contribution in [0.5, 0.6) is 0 Å². The minimum absolute atomic E-state index is 0.0314. The van der Waals surface area contributed by atoms with Gasteiger partial charge in [-0.15, -0.1) is 0 Å². The van der Waals surface area contributed by atoms with Gasteiger partial charge in [-0.25, -0.2) is 0 Å². The molecule has 3 nitrogen and oxygen atoms in total. The van der Waals surface area contributed by atoms with Crippen molar-refractivity contribution in [3.05, 3.63) is 100 Å². The van der Waals surface area contributed by atoms with Gasteiger partial charge in [0, 0.05) is 29.2 Å². The first kappa shape index (κ1) is 17.7. The molecule has 3 aromatic rings. The van der Waals surface area contributed by atoms with E-state index in [9.17, 15) is 4.79 Å². The molecule has 0 unspecified atom stereocenters. The number of hydrogen-bond acceptors (Lipinski definition) is 2. The Labute approximate surface area is 164 Å². The summed E-state index contributed by atoms with van der Waals surface area (Å²) in [6, 6.07) is 23.4. The third kappa shape index (κ3) is 3.88. The first-order valence-corrected chi connectivity index (χ1v) is 9.65. The summed E-state index contributed by atoms with van der Waals surface area (Å²) in [5.74, 6) is 0.0800. The maximum atomic E-state index is 12.9. The number of benzene rings is 2. The van der Waals surface area contributed by atoms with Gasteiger partial charge in [0.1, 0.15) is 0 Å². The molecule has 1 atom stereocenters. The van der Waals surface area contributed by atoms with Crippen LogP contribution in [0.1, 0.15) is 46.2 Å². The van der Waals surface area contributed by atoms with Gasteiger partial charge in [-0.1, -0.05) is 54.1 Å². The first-order valence-electron chi connectivity index (χ1n) is 9.27. The highest BCUT2D eigenvalue weighted by molar-refractivity contribution is 6.31. The van der Waals surface area contributed by atoms with Crippen molar-refractivity contribution in [2.24, 2.45) is 0 Å². The van der Waals surface area contributed by atoms with Crippen LogP contribution in [0.2, 0.25) is 5.02 Å². The van der Waals surface area contributed by atoms with Crippen molar-refractivity contribution in [1.29, 1.82) is 0 Å². The molecule has 0 radical (unpaired) electrons. The van der Waals surface area contributed by atoms with E-state index < -0.39 is 0 Å². The van der Waals surface area contributed by atoms with E-state index in [1.54, 1.807) is 0 Å². The Morgan fingerprint density at radius 2 is 1.78 bits per heavy atom. The minimum atomic E-state index is 0.0314. The van der Waals surface area contributed by atoms with Crippen LogP contribution in [0, 0.1) is 0 Å². The van der Waals surface area contributed by atoms with Crippen molar-refractivity contribution in [2.45, 2.75) is 25.3 Å². The van der Waals surface area contributed by atoms with E-state index in [-0.39, 0.29) is 11.9 Å². The zero-order valence-electron chi connectivity index (χ0n) is 15.0. The summed E-state index contributed by atoms with van der Waals surface area (Å²) < 4.78 is 0. The largest absolute Gasteiger partial charge is 0.330 e. The Balaban J connectivity index is 1.57. The van der Waals surface area contributed by atoms with E-state index in [4.69, 9.17) is 16.6 Å². The van der Waals surface area contributed by atoms with E-state index in [1.807, 2.05) is 77.7 Å². The van der Waals surface area contributed by atoms with E-state index >= 15 is 0 Å². The van der Waals surface area contributed by atoms with Gasteiger partial charge in [0.15, 0.2) is 0 Å². The van der Waals surface area contributed by atoms with Crippen LogP contribution in [-0.2, 0) is 6.42 Å². The van der Waals surface area contributed by atoms with Crippen LogP contribution >= 0.6 is 11.6 Å². The standard InChI is InChI=1S/C23H21ClN2O/c24-20-12-5-4-10-18(20)16-19-11-6-13-21(25-19)22-14-7-15-26(22)23(27)17-8-2-1-3-9-17/h1-6,8-13,22H,7,14-16H2/t22-/m1/s1. The van der Waals surface area contributed by atoms with E-state index in [2.05, 4.69) is 0 Å². The normalized spacial score (nSPS) is 16.5. The highest BCUT2D eigenvalue weighted by atomic mass is 35.5. The minimum Gasteiger partial charge on any atom is -0.330 e. The number of carbonyl (C=O) groups excluding carboxylic acids is 1. The summed E-state index contributed by atoms with van der Waals surface area (Å²) in [5.41, 5.74) is 3.73. The van der Waals surface area contributed by atoms with Gasteiger partial charge < -0.3 is 4.90 Å². The van der Waals surface area contributed by atoms with Gasteiger partial charge in [0.05, 0.1) is 11.7 Å². The number of carbonyl (C=O) groups is 1. The molecular formula is C23H21ClN2O. The molecule has 0 aliphatic carbocycles. The SMILES string of the molecule is O=C(c1ccccc1)N1CCC[C@@H]1c1cccc(Cc2ccccc2Cl)n1. The Morgan fingerprint density at radius 1 is 1.00 bits per heavy atom. The lowest BCUT2D eigenvalue weighted by Gasteiger charge is -2.25. The summed E-state index contributed by atoms with van der Waals surface area (Å²) in [7, 11) is 0. The molecule has 4 rings (SSSR count). The molecule has 4 heteroatoms. The van der Waals surface area contributed by atoms with Crippen molar-refractivity contribution >= 4 is 17.5 Å². The van der Waals surface area contributed by atoms with Crippen LogP contribution in [0.3, 0.4) is 0 Å². The number of likely N-dealkylation sites (tertiary alicyclic amines) is 1. The summed E-state index contributed by atoms with van der Waals surface area (Å²) in [6.07, 6.45) is 2.63. The lowest BCUT2D eigenvalue weighted by atomic mass is 10.1. The lowest BCUT2D eigenvalue weighted by molar-refractivity contribution is 0.0733. The third-order valence-electron chi connectivity index (χ3n) is 5.03. The Bertz CT molecular complexity index is 942. The summed E-state index contributed by atoms with van der Waals surface area (Å²) in [5, 5.41) is 0.756. The van der Waals surface area contributed by atoms with Gasteiger partial charge >= 0.3 is 0 Å². The molecule has 136 valence electrons. The lowest BCUT2D eigenvalue weighted by Crippen LogP contribution is -2.31. The fraction of sp³-hybridized carbons (Fsp3) is 0.217. The fourth-order valence-corrected chi connectivity index (χ4v) is 3.89. The van der Waals surface area contributed by atoms with Crippen LogP contribution in [-0.4, -0.2) is 22.3 Å². The van der Waals surface area contributed by atoms with E-state index in [1.165, 1.54) is 0 Å². The molecule has 1 aliphatic heterocycles. The number of hydrogen-bond donors (Lipinski definition) is 0. The summed E-state index contributed by atoms with van der Waals surface area (Å²) in [4.78, 5) is 19.8. The fourth-order valence-electron chi connectivity index (χ4n) is 3.68.